The predicted octanol–water partition coefficient (Wildman–Crippen LogP) is 2.91. The van der Waals surface area contributed by atoms with Crippen molar-refractivity contribution in [1.29, 1.82) is 0 Å². The van der Waals surface area contributed by atoms with E-state index in [1.165, 1.54) is 11.1 Å². The number of nitrogens with one attached hydrogen (secondary N) is 1. The van der Waals surface area contributed by atoms with Gasteiger partial charge in [-0.2, -0.15) is 0 Å². The number of aromatic nitrogens is 1. The van der Waals surface area contributed by atoms with Crippen LogP contribution in [0.5, 0.6) is 0 Å². The van der Waals surface area contributed by atoms with Gasteiger partial charge < -0.3 is 10.1 Å². The molecule has 1 heterocycles. The number of ether oxygens (including phenoxy) is 1. The van der Waals surface area contributed by atoms with E-state index in [-0.39, 0.29) is 6.04 Å². The summed E-state index contributed by atoms with van der Waals surface area (Å²) in [6.45, 7) is 6.90. The van der Waals surface area contributed by atoms with Crippen molar-refractivity contribution in [3.8, 4) is 0 Å². The number of hydrogen-bond acceptors (Lipinski definition) is 3. The van der Waals surface area contributed by atoms with Gasteiger partial charge in [-0.3, -0.25) is 0 Å². The van der Waals surface area contributed by atoms with Crippen LogP contribution in [0.25, 0.3) is 0 Å². The van der Waals surface area contributed by atoms with Crippen LogP contribution in [0.1, 0.15) is 18.1 Å². The van der Waals surface area contributed by atoms with Crippen molar-refractivity contribution < 1.29 is 4.74 Å². The molecule has 0 aliphatic rings. The number of methoxy groups -OCH3 is 1. The average molecular weight is 273 g/mol. The second-order valence-electron chi connectivity index (χ2n) is 3.73. The highest BCUT2D eigenvalue weighted by Crippen LogP contribution is 2.26. The summed E-state index contributed by atoms with van der Waals surface area (Å²) in [5.41, 5.74) is 3.46. The van der Waals surface area contributed by atoms with Gasteiger partial charge in [0.2, 0.25) is 0 Å². The summed E-state index contributed by atoms with van der Waals surface area (Å²) in [5.74, 6) is 0. The zero-order chi connectivity index (χ0) is 11.4. The highest BCUT2D eigenvalue weighted by molar-refractivity contribution is 9.10. The van der Waals surface area contributed by atoms with E-state index in [2.05, 4.69) is 47.0 Å². The van der Waals surface area contributed by atoms with E-state index in [1.807, 2.05) is 6.20 Å². The standard InChI is InChI=1S/C11H17BrN2O/c1-7-5-13-11(12)10(9(7)3)14-8(2)6-15-4/h5,8,14H,6H2,1-4H3/t8-/m0/s1. The molecule has 1 aromatic heterocycles. The topological polar surface area (TPSA) is 34.1 Å². The van der Waals surface area contributed by atoms with Crippen LogP contribution in [-0.4, -0.2) is 24.7 Å². The Balaban J connectivity index is 2.88. The molecule has 0 aromatic carbocycles. The van der Waals surface area contributed by atoms with Gasteiger partial charge in [-0.1, -0.05) is 0 Å². The lowest BCUT2D eigenvalue weighted by molar-refractivity contribution is 0.190. The van der Waals surface area contributed by atoms with Crippen LogP contribution < -0.4 is 5.32 Å². The van der Waals surface area contributed by atoms with Crippen molar-refractivity contribution in [3.63, 3.8) is 0 Å². The fourth-order valence-corrected chi connectivity index (χ4v) is 1.89. The molecular formula is C11H17BrN2O. The third kappa shape index (κ3) is 3.18. The lowest BCUT2D eigenvalue weighted by Gasteiger charge is -2.18. The average Bonchev–Trinajstić information content (AvgIpc) is 2.19. The Kier molecular flexibility index (Phi) is 4.54. The Hall–Kier alpha value is -0.610. The van der Waals surface area contributed by atoms with Gasteiger partial charge in [0.1, 0.15) is 4.60 Å². The highest BCUT2D eigenvalue weighted by Gasteiger charge is 2.10. The number of halogens is 1. The zero-order valence-corrected chi connectivity index (χ0v) is 11.2. The molecule has 1 atom stereocenters. The molecule has 1 aromatic rings. The van der Waals surface area contributed by atoms with E-state index in [0.29, 0.717) is 6.61 Å². The summed E-state index contributed by atoms with van der Waals surface area (Å²) < 4.78 is 5.94. The summed E-state index contributed by atoms with van der Waals surface area (Å²) >= 11 is 3.45. The fraction of sp³-hybridized carbons (Fsp3) is 0.545. The lowest BCUT2D eigenvalue weighted by atomic mass is 10.1. The Morgan fingerprint density at radius 1 is 1.53 bits per heavy atom. The monoisotopic (exact) mass is 272 g/mol. The fourth-order valence-electron chi connectivity index (χ4n) is 1.37. The second-order valence-corrected chi connectivity index (χ2v) is 4.48. The summed E-state index contributed by atoms with van der Waals surface area (Å²) in [6, 6.07) is 0.272. The molecule has 15 heavy (non-hydrogen) atoms. The molecule has 4 heteroatoms. The van der Waals surface area contributed by atoms with E-state index in [0.717, 1.165) is 10.3 Å². The second kappa shape index (κ2) is 5.47. The van der Waals surface area contributed by atoms with Gasteiger partial charge in [-0.25, -0.2) is 4.98 Å². The van der Waals surface area contributed by atoms with Crippen LogP contribution in [0.3, 0.4) is 0 Å². The van der Waals surface area contributed by atoms with Crippen LogP contribution in [0.2, 0.25) is 0 Å². The number of anilines is 1. The molecular weight excluding hydrogens is 256 g/mol. The molecule has 0 spiro atoms. The molecule has 0 unspecified atom stereocenters. The Morgan fingerprint density at radius 3 is 2.80 bits per heavy atom. The maximum atomic E-state index is 5.09. The van der Waals surface area contributed by atoms with Crippen molar-refractivity contribution in [2.75, 3.05) is 19.0 Å². The molecule has 1 N–H and O–H groups in total. The molecule has 0 bridgehead atoms. The van der Waals surface area contributed by atoms with E-state index in [1.54, 1.807) is 7.11 Å². The van der Waals surface area contributed by atoms with Gasteiger partial charge in [0.25, 0.3) is 0 Å². The van der Waals surface area contributed by atoms with Crippen LogP contribution in [0.15, 0.2) is 10.8 Å². The number of aryl methyl sites for hydroxylation is 1. The summed E-state index contributed by atoms with van der Waals surface area (Å²) in [7, 11) is 1.70. The van der Waals surface area contributed by atoms with Gasteiger partial charge in [0.05, 0.1) is 12.3 Å². The van der Waals surface area contributed by atoms with Crippen molar-refractivity contribution >= 4 is 21.6 Å². The maximum Gasteiger partial charge on any atom is 0.129 e. The number of pyridine rings is 1. The van der Waals surface area contributed by atoms with Crippen molar-refractivity contribution in [3.05, 3.63) is 21.9 Å². The van der Waals surface area contributed by atoms with Gasteiger partial charge in [0, 0.05) is 19.3 Å². The van der Waals surface area contributed by atoms with E-state index >= 15 is 0 Å². The van der Waals surface area contributed by atoms with Crippen molar-refractivity contribution in [2.45, 2.75) is 26.8 Å². The normalized spacial score (nSPS) is 12.6. The van der Waals surface area contributed by atoms with Crippen LogP contribution >= 0.6 is 15.9 Å². The van der Waals surface area contributed by atoms with Gasteiger partial charge in [-0.15, -0.1) is 0 Å². The molecule has 84 valence electrons. The predicted molar refractivity (Wildman–Crippen MR) is 66.4 cm³/mol. The minimum Gasteiger partial charge on any atom is -0.383 e. The van der Waals surface area contributed by atoms with E-state index in [9.17, 15) is 0 Å². The number of hydrogen-bond donors (Lipinski definition) is 1. The smallest absolute Gasteiger partial charge is 0.129 e. The molecule has 0 aliphatic carbocycles. The summed E-state index contributed by atoms with van der Waals surface area (Å²) in [5, 5.41) is 3.39. The molecule has 1 rings (SSSR count). The first-order valence-corrected chi connectivity index (χ1v) is 5.72. The first-order chi connectivity index (χ1) is 7.06. The molecule has 0 aliphatic heterocycles. The minimum absolute atomic E-state index is 0.272. The van der Waals surface area contributed by atoms with Gasteiger partial charge in [0.15, 0.2) is 0 Å². The molecule has 0 radical (unpaired) electrons. The van der Waals surface area contributed by atoms with Gasteiger partial charge in [-0.05, 0) is 47.8 Å². The number of nitrogens with zero attached hydrogens (tertiary/aromatic N) is 1. The molecule has 0 fully saturated rings. The summed E-state index contributed by atoms with van der Waals surface area (Å²) in [6.07, 6.45) is 1.87. The molecule has 0 saturated carbocycles. The van der Waals surface area contributed by atoms with Crippen LogP contribution in [0.4, 0.5) is 5.69 Å². The Bertz CT molecular complexity index is 342. The first-order valence-electron chi connectivity index (χ1n) is 4.93. The highest BCUT2D eigenvalue weighted by atomic mass is 79.9. The zero-order valence-electron chi connectivity index (χ0n) is 9.60. The quantitative estimate of drug-likeness (QED) is 0.856. The molecule has 0 saturated heterocycles. The molecule has 3 nitrogen and oxygen atoms in total. The minimum atomic E-state index is 0.272. The first kappa shape index (κ1) is 12.5. The van der Waals surface area contributed by atoms with Crippen LogP contribution in [0, 0.1) is 13.8 Å². The van der Waals surface area contributed by atoms with Crippen molar-refractivity contribution in [1.82, 2.24) is 4.98 Å². The third-order valence-electron chi connectivity index (χ3n) is 2.35. The lowest BCUT2D eigenvalue weighted by Crippen LogP contribution is -2.22. The van der Waals surface area contributed by atoms with Crippen LogP contribution in [-0.2, 0) is 4.74 Å². The van der Waals surface area contributed by atoms with Crippen molar-refractivity contribution in [2.24, 2.45) is 0 Å². The maximum absolute atomic E-state index is 5.09. The van der Waals surface area contributed by atoms with E-state index in [4.69, 9.17) is 4.74 Å². The Labute approximate surface area is 99.4 Å². The number of rotatable bonds is 4. The largest absolute Gasteiger partial charge is 0.383 e. The third-order valence-corrected chi connectivity index (χ3v) is 2.95. The molecule has 0 amide bonds. The SMILES string of the molecule is COC[C@H](C)Nc1c(Br)ncc(C)c1C. The summed E-state index contributed by atoms with van der Waals surface area (Å²) in [4.78, 5) is 4.27. The van der Waals surface area contributed by atoms with E-state index < -0.39 is 0 Å². The Morgan fingerprint density at radius 2 is 2.20 bits per heavy atom. The van der Waals surface area contributed by atoms with Gasteiger partial charge >= 0.3 is 0 Å².